The average Bonchev–Trinajstić information content (AvgIpc) is 3.15. The molecule has 2 aliphatic carbocycles. The molecule has 2 heterocycles. The first-order valence-corrected chi connectivity index (χ1v) is 8.69. The van der Waals surface area contributed by atoms with E-state index in [4.69, 9.17) is 11.6 Å². The second-order valence-electron chi connectivity index (χ2n) is 7.17. The number of anilines is 1. The molecule has 118 valence electrons. The fourth-order valence-electron chi connectivity index (χ4n) is 5.21. The minimum absolute atomic E-state index is 0.122. The van der Waals surface area contributed by atoms with E-state index in [0.717, 1.165) is 30.1 Å². The van der Waals surface area contributed by atoms with Crippen molar-refractivity contribution in [2.24, 2.45) is 11.8 Å². The Morgan fingerprint density at radius 2 is 1.83 bits per heavy atom. The van der Waals surface area contributed by atoms with Crippen molar-refractivity contribution >= 4 is 23.3 Å². The van der Waals surface area contributed by atoms with Gasteiger partial charge in [0.05, 0.1) is 0 Å². The van der Waals surface area contributed by atoms with Gasteiger partial charge in [0.25, 0.3) is 0 Å². The third-order valence-corrected chi connectivity index (χ3v) is 6.29. The molecule has 5 atom stereocenters. The molecule has 3 nitrogen and oxygen atoms in total. The maximum atomic E-state index is 12.1. The van der Waals surface area contributed by atoms with Gasteiger partial charge in [-0.1, -0.05) is 35.9 Å². The molecule has 1 N–H and O–H groups in total. The largest absolute Gasteiger partial charge is 0.480 e. The van der Waals surface area contributed by atoms with Gasteiger partial charge in [-0.25, -0.2) is 4.79 Å². The molecule has 0 amide bonds. The fraction of sp³-hybridized carbons (Fsp3) is 0.421. The summed E-state index contributed by atoms with van der Waals surface area (Å²) >= 11 is 6.43. The van der Waals surface area contributed by atoms with Crippen molar-refractivity contribution in [3.05, 3.63) is 52.6 Å². The van der Waals surface area contributed by atoms with Crippen LogP contribution in [0.5, 0.6) is 0 Å². The molecule has 4 heteroatoms. The molecule has 0 saturated carbocycles. The van der Waals surface area contributed by atoms with Crippen molar-refractivity contribution in [1.82, 2.24) is 0 Å². The molecule has 0 fully saturated rings. The molecule has 0 aromatic heterocycles. The van der Waals surface area contributed by atoms with Gasteiger partial charge in [0.1, 0.15) is 6.04 Å². The second-order valence-corrected chi connectivity index (χ2v) is 7.61. The van der Waals surface area contributed by atoms with E-state index in [1.165, 1.54) is 11.1 Å². The summed E-state index contributed by atoms with van der Waals surface area (Å²) in [6, 6.07) is 3.68. The number of carboxylic acids is 1. The van der Waals surface area contributed by atoms with Crippen molar-refractivity contribution in [1.29, 1.82) is 0 Å². The van der Waals surface area contributed by atoms with Gasteiger partial charge in [-0.15, -0.1) is 0 Å². The lowest BCUT2D eigenvalue weighted by Gasteiger charge is -2.49. The lowest BCUT2D eigenvalue weighted by molar-refractivity contribution is -0.140. The number of carboxylic acid groups (broad SMARTS) is 1. The molecule has 4 aliphatic rings. The van der Waals surface area contributed by atoms with Gasteiger partial charge >= 0.3 is 5.97 Å². The van der Waals surface area contributed by atoms with Gasteiger partial charge in [-0.3, -0.25) is 0 Å². The van der Waals surface area contributed by atoms with E-state index in [1.807, 2.05) is 0 Å². The molecule has 2 aliphatic heterocycles. The number of fused-ring (bicyclic) bond motifs is 4. The standard InChI is InChI=1S/C19H18ClNO2/c20-11-7-15-12-4-1-3-10(12)9-21-17(15)16(8-11)13-5-2-6-14(13)18(21)19(22)23/h1-2,4-5,7-8,10,12-14,18H,3,6,9H2,(H,22,23)/t10-,12+,13+,14+,18+/m1/s1. The van der Waals surface area contributed by atoms with Gasteiger partial charge in [0, 0.05) is 35.0 Å². The lowest BCUT2D eigenvalue weighted by Crippen LogP contribution is -2.54. The Kier molecular flexibility index (Phi) is 2.76. The number of aliphatic carboxylic acids is 1. The predicted molar refractivity (Wildman–Crippen MR) is 90.2 cm³/mol. The summed E-state index contributed by atoms with van der Waals surface area (Å²) in [6.07, 6.45) is 10.7. The Labute approximate surface area is 140 Å². The van der Waals surface area contributed by atoms with Gasteiger partial charge in [-0.2, -0.15) is 0 Å². The zero-order chi connectivity index (χ0) is 15.7. The number of nitrogens with zero attached hydrogens (tertiary/aromatic N) is 1. The van der Waals surface area contributed by atoms with E-state index in [-0.39, 0.29) is 11.8 Å². The van der Waals surface area contributed by atoms with Crippen LogP contribution in [0.3, 0.4) is 0 Å². The Morgan fingerprint density at radius 1 is 1.13 bits per heavy atom. The van der Waals surface area contributed by atoms with E-state index < -0.39 is 12.0 Å². The molecule has 23 heavy (non-hydrogen) atoms. The SMILES string of the molecule is O=C(O)[C@@H]1[C@H]2CC=C[C@@H]2c2cc(Cl)cc3c2N1C[C@H]1CC=C[C@H]31. The van der Waals surface area contributed by atoms with Crippen molar-refractivity contribution in [3.63, 3.8) is 0 Å². The molecule has 0 unspecified atom stereocenters. The average molecular weight is 328 g/mol. The third-order valence-electron chi connectivity index (χ3n) is 6.07. The Hall–Kier alpha value is -1.74. The molecule has 5 rings (SSSR count). The van der Waals surface area contributed by atoms with Crippen molar-refractivity contribution in [3.8, 4) is 0 Å². The fourth-order valence-corrected chi connectivity index (χ4v) is 5.44. The molecule has 0 bridgehead atoms. The molecular formula is C19H18ClNO2. The number of carbonyl (C=O) groups is 1. The van der Waals surface area contributed by atoms with Crippen molar-refractivity contribution < 1.29 is 9.90 Å². The molecular weight excluding hydrogens is 310 g/mol. The monoisotopic (exact) mass is 327 g/mol. The van der Waals surface area contributed by atoms with Crippen LogP contribution in [0.2, 0.25) is 5.02 Å². The van der Waals surface area contributed by atoms with Crippen LogP contribution in [0.15, 0.2) is 36.4 Å². The van der Waals surface area contributed by atoms with Gasteiger partial charge in [0.2, 0.25) is 0 Å². The maximum Gasteiger partial charge on any atom is 0.326 e. The van der Waals surface area contributed by atoms with E-state index >= 15 is 0 Å². The van der Waals surface area contributed by atoms with Crippen LogP contribution in [0.25, 0.3) is 0 Å². The summed E-state index contributed by atoms with van der Waals surface area (Å²) < 4.78 is 0. The normalized spacial score (nSPS) is 35.9. The Bertz CT molecular complexity index is 752. The molecule has 0 radical (unpaired) electrons. The summed E-state index contributed by atoms with van der Waals surface area (Å²) in [4.78, 5) is 14.2. The number of allylic oxidation sites excluding steroid dienone is 4. The zero-order valence-electron chi connectivity index (χ0n) is 12.7. The third kappa shape index (κ3) is 1.74. The van der Waals surface area contributed by atoms with E-state index in [1.54, 1.807) is 0 Å². The van der Waals surface area contributed by atoms with Crippen molar-refractivity contribution in [2.75, 3.05) is 11.4 Å². The summed E-state index contributed by atoms with van der Waals surface area (Å²) in [5, 5.41) is 10.7. The van der Waals surface area contributed by atoms with Crippen LogP contribution in [-0.2, 0) is 4.79 Å². The highest BCUT2D eigenvalue weighted by Gasteiger charge is 2.49. The van der Waals surface area contributed by atoms with E-state index in [9.17, 15) is 9.90 Å². The minimum Gasteiger partial charge on any atom is -0.480 e. The number of halogens is 1. The zero-order valence-corrected chi connectivity index (χ0v) is 13.4. The highest BCUT2D eigenvalue weighted by Crippen LogP contribution is 2.55. The number of benzene rings is 1. The first-order valence-electron chi connectivity index (χ1n) is 8.31. The molecule has 1 aromatic rings. The Balaban J connectivity index is 1.78. The van der Waals surface area contributed by atoms with Gasteiger partial charge in [0.15, 0.2) is 0 Å². The highest BCUT2D eigenvalue weighted by molar-refractivity contribution is 6.31. The van der Waals surface area contributed by atoms with Crippen LogP contribution in [-0.4, -0.2) is 23.7 Å². The number of rotatable bonds is 1. The van der Waals surface area contributed by atoms with Crippen LogP contribution in [0, 0.1) is 11.8 Å². The first kappa shape index (κ1) is 13.7. The molecule has 0 spiro atoms. The summed E-state index contributed by atoms with van der Waals surface area (Å²) in [6.45, 7) is 0.833. The van der Waals surface area contributed by atoms with Crippen molar-refractivity contribution in [2.45, 2.75) is 30.7 Å². The minimum atomic E-state index is -0.695. The second kappa shape index (κ2) is 4.64. The van der Waals surface area contributed by atoms with Crippen LogP contribution in [0.4, 0.5) is 5.69 Å². The quantitative estimate of drug-likeness (QED) is 0.794. The van der Waals surface area contributed by atoms with Crippen LogP contribution in [0.1, 0.15) is 35.8 Å². The smallest absolute Gasteiger partial charge is 0.326 e. The molecule has 1 aromatic carbocycles. The van der Waals surface area contributed by atoms with Crippen LogP contribution < -0.4 is 4.90 Å². The summed E-state index contributed by atoms with van der Waals surface area (Å²) in [7, 11) is 0. The topological polar surface area (TPSA) is 40.5 Å². The van der Waals surface area contributed by atoms with Crippen LogP contribution >= 0.6 is 11.6 Å². The predicted octanol–water partition coefficient (Wildman–Crippen LogP) is 3.95. The van der Waals surface area contributed by atoms with Gasteiger partial charge < -0.3 is 10.0 Å². The maximum absolute atomic E-state index is 12.1. The lowest BCUT2D eigenvalue weighted by atomic mass is 9.72. The summed E-state index contributed by atoms with van der Waals surface area (Å²) in [5.41, 5.74) is 3.59. The number of hydrogen-bond acceptors (Lipinski definition) is 2. The van der Waals surface area contributed by atoms with E-state index in [2.05, 4.69) is 41.3 Å². The van der Waals surface area contributed by atoms with E-state index in [0.29, 0.717) is 11.8 Å². The highest BCUT2D eigenvalue weighted by atomic mass is 35.5. The summed E-state index contributed by atoms with van der Waals surface area (Å²) in [5.74, 6) is 0.468. The molecule has 0 saturated heterocycles. The Morgan fingerprint density at radius 3 is 2.61 bits per heavy atom. The van der Waals surface area contributed by atoms with Gasteiger partial charge in [-0.05, 0) is 42.0 Å². The number of hydrogen-bond donors (Lipinski definition) is 1. The first-order chi connectivity index (χ1) is 11.1.